The normalized spacial score (nSPS) is 13.8. The Kier molecular flexibility index (Phi) is 9.67. The molecular weight excluding hydrogens is 482 g/mol. The standard InChI is InChI=1S/C31H33NO6/c1-23(33)38-31-19-24(10-14-30(31)35-2)7-11-28(34)20-26-5-3-4-6-27(26)22-37-29-12-8-25(9-13-29)21-32-15-17-36-18-16-32/h3-14,19H,15-18,20-22H2,1-2H3/b11-7+. The number of esters is 1. The second kappa shape index (κ2) is 13.6. The summed E-state index contributed by atoms with van der Waals surface area (Å²) in [6.07, 6.45) is 3.48. The molecule has 0 bridgehead atoms. The van der Waals surface area contributed by atoms with E-state index in [0.717, 1.165) is 55.3 Å². The number of carbonyl (C=O) groups excluding carboxylic acids is 2. The molecule has 1 aliphatic heterocycles. The van der Waals surface area contributed by atoms with Crippen LogP contribution in [0.2, 0.25) is 0 Å². The van der Waals surface area contributed by atoms with Crippen LogP contribution in [0.4, 0.5) is 0 Å². The van der Waals surface area contributed by atoms with Gasteiger partial charge in [-0.1, -0.05) is 48.5 Å². The predicted octanol–water partition coefficient (Wildman–Crippen LogP) is 4.86. The van der Waals surface area contributed by atoms with Gasteiger partial charge in [0.25, 0.3) is 0 Å². The van der Waals surface area contributed by atoms with Gasteiger partial charge in [0.2, 0.25) is 0 Å². The maximum absolute atomic E-state index is 12.7. The Morgan fingerprint density at radius 3 is 2.39 bits per heavy atom. The van der Waals surface area contributed by atoms with Crippen molar-refractivity contribution in [3.05, 3.63) is 95.1 Å². The van der Waals surface area contributed by atoms with E-state index in [1.807, 2.05) is 36.4 Å². The number of benzene rings is 3. The second-order valence-electron chi connectivity index (χ2n) is 9.07. The summed E-state index contributed by atoms with van der Waals surface area (Å²) < 4.78 is 21.9. The van der Waals surface area contributed by atoms with Crippen LogP contribution in [0.15, 0.2) is 72.8 Å². The van der Waals surface area contributed by atoms with Crippen molar-refractivity contribution in [1.29, 1.82) is 0 Å². The molecule has 38 heavy (non-hydrogen) atoms. The van der Waals surface area contributed by atoms with Gasteiger partial charge in [0.05, 0.1) is 20.3 Å². The number of hydrogen-bond acceptors (Lipinski definition) is 7. The van der Waals surface area contributed by atoms with Crippen LogP contribution in [0, 0.1) is 0 Å². The number of nitrogens with zero attached hydrogens (tertiary/aromatic N) is 1. The third kappa shape index (κ3) is 8.03. The van der Waals surface area contributed by atoms with Crippen molar-refractivity contribution < 1.29 is 28.5 Å². The zero-order valence-corrected chi connectivity index (χ0v) is 21.9. The second-order valence-corrected chi connectivity index (χ2v) is 9.07. The monoisotopic (exact) mass is 515 g/mol. The number of allylic oxidation sites excluding steroid dienone is 1. The molecule has 0 amide bonds. The fourth-order valence-electron chi connectivity index (χ4n) is 4.21. The molecule has 1 heterocycles. The van der Waals surface area contributed by atoms with Crippen LogP contribution in [0.3, 0.4) is 0 Å². The minimum atomic E-state index is -0.441. The molecule has 0 aromatic heterocycles. The van der Waals surface area contributed by atoms with Gasteiger partial charge < -0.3 is 18.9 Å². The van der Waals surface area contributed by atoms with Crippen molar-refractivity contribution in [2.75, 3.05) is 33.4 Å². The molecule has 0 N–H and O–H groups in total. The first-order valence-corrected chi connectivity index (χ1v) is 12.7. The quantitative estimate of drug-likeness (QED) is 0.205. The molecule has 1 saturated heterocycles. The average molecular weight is 516 g/mol. The zero-order chi connectivity index (χ0) is 26.7. The highest BCUT2D eigenvalue weighted by molar-refractivity contribution is 5.95. The number of hydrogen-bond donors (Lipinski definition) is 0. The van der Waals surface area contributed by atoms with Gasteiger partial charge in [0.15, 0.2) is 17.3 Å². The summed E-state index contributed by atoms with van der Waals surface area (Å²) in [5.41, 5.74) is 3.85. The summed E-state index contributed by atoms with van der Waals surface area (Å²) in [6, 6.07) is 21.1. The smallest absolute Gasteiger partial charge is 0.308 e. The average Bonchev–Trinajstić information content (AvgIpc) is 2.92. The largest absolute Gasteiger partial charge is 0.493 e. The molecule has 7 heteroatoms. The fraction of sp³-hybridized carbons (Fsp3) is 0.290. The summed E-state index contributed by atoms with van der Waals surface area (Å²) >= 11 is 0. The van der Waals surface area contributed by atoms with Gasteiger partial charge in [-0.15, -0.1) is 0 Å². The molecule has 0 aliphatic carbocycles. The zero-order valence-electron chi connectivity index (χ0n) is 21.9. The van der Waals surface area contributed by atoms with Crippen molar-refractivity contribution in [2.24, 2.45) is 0 Å². The highest BCUT2D eigenvalue weighted by Gasteiger charge is 2.12. The molecule has 4 rings (SSSR count). The molecule has 0 spiro atoms. The Balaban J connectivity index is 1.34. The van der Waals surface area contributed by atoms with E-state index in [1.165, 1.54) is 25.7 Å². The van der Waals surface area contributed by atoms with Gasteiger partial charge >= 0.3 is 5.97 Å². The molecule has 0 atom stereocenters. The van der Waals surface area contributed by atoms with Gasteiger partial charge in [0.1, 0.15) is 12.4 Å². The minimum absolute atomic E-state index is 0.0465. The summed E-state index contributed by atoms with van der Waals surface area (Å²) in [6.45, 7) is 6.10. The number of ketones is 1. The number of rotatable bonds is 11. The molecule has 1 fully saturated rings. The highest BCUT2D eigenvalue weighted by atomic mass is 16.6. The molecular formula is C31H33NO6. The molecule has 0 radical (unpaired) electrons. The Bertz CT molecular complexity index is 1260. The van der Waals surface area contributed by atoms with Crippen molar-refractivity contribution in [3.8, 4) is 17.2 Å². The molecule has 1 aliphatic rings. The van der Waals surface area contributed by atoms with Gasteiger partial charge in [-0.3, -0.25) is 14.5 Å². The first kappa shape index (κ1) is 27.1. The lowest BCUT2D eigenvalue weighted by Gasteiger charge is -2.26. The van der Waals surface area contributed by atoms with Gasteiger partial charge in [-0.25, -0.2) is 0 Å². The van der Waals surface area contributed by atoms with E-state index in [-0.39, 0.29) is 12.2 Å². The van der Waals surface area contributed by atoms with Crippen LogP contribution in [0.25, 0.3) is 6.08 Å². The summed E-state index contributed by atoms with van der Waals surface area (Å²) in [7, 11) is 1.50. The summed E-state index contributed by atoms with van der Waals surface area (Å²) in [5, 5.41) is 0. The Labute approximate surface area is 223 Å². The van der Waals surface area contributed by atoms with E-state index in [4.69, 9.17) is 18.9 Å². The maximum atomic E-state index is 12.7. The van der Waals surface area contributed by atoms with Gasteiger partial charge in [-0.05, 0) is 52.6 Å². The van der Waals surface area contributed by atoms with E-state index in [0.29, 0.717) is 18.1 Å². The van der Waals surface area contributed by atoms with E-state index in [2.05, 4.69) is 17.0 Å². The number of carbonyl (C=O) groups is 2. The molecule has 0 unspecified atom stereocenters. The maximum Gasteiger partial charge on any atom is 0.308 e. The lowest BCUT2D eigenvalue weighted by Crippen LogP contribution is -2.35. The van der Waals surface area contributed by atoms with Gasteiger partial charge in [0, 0.05) is 33.0 Å². The molecule has 3 aromatic carbocycles. The van der Waals surface area contributed by atoms with Crippen LogP contribution in [-0.2, 0) is 33.9 Å². The van der Waals surface area contributed by atoms with Gasteiger partial charge in [-0.2, -0.15) is 0 Å². The molecule has 7 nitrogen and oxygen atoms in total. The number of morpholine rings is 1. The van der Waals surface area contributed by atoms with Crippen LogP contribution in [0.5, 0.6) is 17.2 Å². The summed E-state index contributed by atoms with van der Waals surface area (Å²) in [5.74, 6) is 1.06. The third-order valence-corrected chi connectivity index (χ3v) is 6.21. The van der Waals surface area contributed by atoms with E-state index in [1.54, 1.807) is 24.3 Å². The molecule has 3 aromatic rings. The van der Waals surface area contributed by atoms with Crippen molar-refractivity contribution in [3.63, 3.8) is 0 Å². The Morgan fingerprint density at radius 1 is 0.947 bits per heavy atom. The Hall–Kier alpha value is -3.94. The molecule has 198 valence electrons. The topological polar surface area (TPSA) is 74.3 Å². The lowest BCUT2D eigenvalue weighted by molar-refractivity contribution is -0.132. The van der Waals surface area contributed by atoms with Crippen LogP contribution >= 0.6 is 0 Å². The predicted molar refractivity (Wildman–Crippen MR) is 145 cm³/mol. The lowest BCUT2D eigenvalue weighted by atomic mass is 10.0. The van der Waals surface area contributed by atoms with Crippen LogP contribution in [-0.4, -0.2) is 50.1 Å². The van der Waals surface area contributed by atoms with Crippen molar-refractivity contribution >= 4 is 17.8 Å². The number of ether oxygens (including phenoxy) is 4. The molecule has 0 saturated carbocycles. The SMILES string of the molecule is COc1ccc(/C=C/C(=O)Cc2ccccc2COc2ccc(CN3CCOCC3)cc2)cc1OC(C)=O. The Morgan fingerprint density at radius 2 is 1.68 bits per heavy atom. The minimum Gasteiger partial charge on any atom is -0.493 e. The third-order valence-electron chi connectivity index (χ3n) is 6.21. The van der Waals surface area contributed by atoms with Crippen LogP contribution < -0.4 is 14.2 Å². The van der Waals surface area contributed by atoms with E-state index >= 15 is 0 Å². The fourth-order valence-corrected chi connectivity index (χ4v) is 4.21. The summed E-state index contributed by atoms with van der Waals surface area (Å²) in [4.78, 5) is 26.5. The number of methoxy groups -OCH3 is 1. The van der Waals surface area contributed by atoms with Crippen LogP contribution in [0.1, 0.15) is 29.2 Å². The highest BCUT2D eigenvalue weighted by Crippen LogP contribution is 2.28. The first-order valence-electron chi connectivity index (χ1n) is 12.7. The first-order chi connectivity index (χ1) is 18.5. The van der Waals surface area contributed by atoms with E-state index < -0.39 is 5.97 Å². The van der Waals surface area contributed by atoms with Crippen molar-refractivity contribution in [2.45, 2.75) is 26.5 Å². The van der Waals surface area contributed by atoms with Crippen molar-refractivity contribution in [1.82, 2.24) is 4.90 Å². The van der Waals surface area contributed by atoms with E-state index in [9.17, 15) is 9.59 Å².